The van der Waals surface area contributed by atoms with Gasteiger partial charge in [0.1, 0.15) is 0 Å². The highest BCUT2D eigenvalue weighted by molar-refractivity contribution is 5.89. The molecule has 1 aliphatic heterocycles. The standard InChI is InChI=1S/C16H20N4O2/c1-10-15(11(2)20-19-10)5-6-17-16(21)18-14-4-3-12-8-22-9-13(12)7-14/h3-4,7H,5-6,8-9H2,1-2H3,(H,19,20)(H2,17,18,21). The zero-order valence-electron chi connectivity index (χ0n) is 12.8. The summed E-state index contributed by atoms with van der Waals surface area (Å²) >= 11 is 0. The van der Waals surface area contributed by atoms with Gasteiger partial charge < -0.3 is 15.4 Å². The summed E-state index contributed by atoms with van der Waals surface area (Å²) in [7, 11) is 0. The van der Waals surface area contributed by atoms with Gasteiger partial charge in [0.2, 0.25) is 0 Å². The van der Waals surface area contributed by atoms with E-state index < -0.39 is 0 Å². The number of hydrogen-bond donors (Lipinski definition) is 3. The van der Waals surface area contributed by atoms with Crippen LogP contribution in [0.1, 0.15) is 28.1 Å². The van der Waals surface area contributed by atoms with E-state index in [9.17, 15) is 4.79 Å². The molecular weight excluding hydrogens is 280 g/mol. The van der Waals surface area contributed by atoms with Crippen LogP contribution in [0, 0.1) is 13.8 Å². The number of benzene rings is 1. The van der Waals surface area contributed by atoms with Crippen LogP contribution in [0.4, 0.5) is 10.5 Å². The molecule has 6 heteroatoms. The third kappa shape index (κ3) is 3.12. The molecule has 0 bridgehead atoms. The number of rotatable bonds is 4. The molecule has 1 aromatic heterocycles. The van der Waals surface area contributed by atoms with Gasteiger partial charge >= 0.3 is 6.03 Å². The van der Waals surface area contributed by atoms with Gasteiger partial charge in [-0.1, -0.05) is 6.07 Å². The molecule has 0 atom stereocenters. The van der Waals surface area contributed by atoms with Crippen molar-refractivity contribution in [2.45, 2.75) is 33.5 Å². The molecule has 2 heterocycles. The van der Waals surface area contributed by atoms with Crippen LogP contribution in [0.5, 0.6) is 0 Å². The average Bonchev–Trinajstić information content (AvgIpc) is 3.07. The van der Waals surface area contributed by atoms with Crippen LogP contribution in [0.25, 0.3) is 0 Å². The Morgan fingerprint density at radius 1 is 1.32 bits per heavy atom. The molecule has 0 fully saturated rings. The summed E-state index contributed by atoms with van der Waals surface area (Å²) in [5.74, 6) is 0. The first kappa shape index (κ1) is 14.6. The van der Waals surface area contributed by atoms with Gasteiger partial charge in [0.25, 0.3) is 0 Å². The second-order valence-electron chi connectivity index (χ2n) is 5.52. The Morgan fingerprint density at radius 3 is 2.91 bits per heavy atom. The number of nitrogens with zero attached hydrogens (tertiary/aromatic N) is 1. The summed E-state index contributed by atoms with van der Waals surface area (Å²) in [6.45, 7) is 5.80. The largest absolute Gasteiger partial charge is 0.372 e. The Bertz CT molecular complexity index is 674. The molecule has 0 unspecified atom stereocenters. The number of aryl methyl sites for hydroxylation is 2. The van der Waals surface area contributed by atoms with Crippen LogP contribution in [0.15, 0.2) is 18.2 Å². The van der Waals surface area contributed by atoms with Crippen molar-refractivity contribution < 1.29 is 9.53 Å². The average molecular weight is 300 g/mol. The van der Waals surface area contributed by atoms with Crippen molar-refractivity contribution >= 4 is 11.7 Å². The number of aromatic nitrogens is 2. The number of urea groups is 1. The Hall–Kier alpha value is -2.34. The van der Waals surface area contributed by atoms with Gasteiger partial charge in [-0.15, -0.1) is 0 Å². The maximum absolute atomic E-state index is 11.9. The summed E-state index contributed by atoms with van der Waals surface area (Å²) in [5, 5.41) is 12.8. The van der Waals surface area contributed by atoms with E-state index in [1.54, 1.807) is 0 Å². The molecule has 0 saturated heterocycles. The predicted molar refractivity (Wildman–Crippen MR) is 83.7 cm³/mol. The number of amides is 2. The van der Waals surface area contributed by atoms with Crippen molar-refractivity contribution in [1.82, 2.24) is 15.5 Å². The van der Waals surface area contributed by atoms with Crippen molar-refractivity contribution in [1.29, 1.82) is 0 Å². The Morgan fingerprint density at radius 2 is 2.14 bits per heavy atom. The van der Waals surface area contributed by atoms with Crippen molar-refractivity contribution in [3.05, 3.63) is 46.3 Å². The highest BCUT2D eigenvalue weighted by Crippen LogP contribution is 2.23. The fourth-order valence-electron chi connectivity index (χ4n) is 2.67. The van der Waals surface area contributed by atoms with Crippen molar-refractivity contribution in [2.24, 2.45) is 0 Å². The molecule has 2 amide bonds. The van der Waals surface area contributed by atoms with E-state index in [0.717, 1.165) is 34.6 Å². The third-order valence-electron chi connectivity index (χ3n) is 3.92. The molecule has 1 aromatic carbocycles. The third-order valence-corrected chi connectivity index (χ3v) is 3.92. The van der Waals surface area contributed by atoms with E-state index in [-0.39, 0.29) is 6.03 Å². The lowest BCUT2D eigenvalue weighted by atomic mass is 10.1. The molecule has 1 aliphatic rings. The minimum Gasteiger partial charge on any atom is -0.372 e. The second-order valence-corrected chi connectivity index (χ2v) is 5.52. The van der Waals surface area contributed by atoms with E-state index >= 15 is 0 Å². The molecule has 0 saturated carbocycles. The number of ether oxygens (including phenoxy) is 1. The number of hydrogen-bond acceptors (Lipinski definition) is 3. The van der Waals surface area contributed by atoms with Crippen LogP contribution in [0.2, 0.25) is 0 Å². The van der Waals surface area contributed by atoms with E-state index in [2.05, 4.69) is 20.8 Å². The number of aromatic amines is 1. The number of nitrogens with one attached hydrogen (secondary N) is 3. The minimum atomic E-state index is -0.197. The quantitative estimate of drug-likeness (QED) is 0.811. The lowest BCUT2D eigenvalue weighted by molar-refractivity contribution is 0.134. The maximum Gasteiger partial charge on any atom is 0.319 e. The summed E-state index contributed by atoms with van der Waals surface area (Å²) in [4.78, 5) is 11.9. The van der Waals surface area contributed by atoms with Crippen LogP contribution in [-0.2, 0) is 24.4 Å². The SMILES string of the molecule is Cc1n[nH]c(C)c1CCNC(=O)Nc1ccc2c(c1)COC2. The smallest absolute Gasteiger partial charge is 0.319 e. The van der Waals surface area contributed by atoms with Crippen molar-refractivity contribution in [3.63, 3.8) is 0 Å². The number of H-pyrrole nitrogens is 1. The minimum absolute atomic E-state index is 0.197. The van der Waals surface area contributed by atoms with Crippen LogP contribution in [0.3, 0.4) is 0 Å². The fourth-order valence-corrected chi connectivity index (χ4v) is 2.67. The predicted octanol–water partition coefficient (Wildman–Crippen LogP) is 2.42. The monoisotopic (exact) mass is 300 g/mol. The molecule has 2 aromatic rings. The molecule has 3 rings (SSSR count). The zero-order chi connectivity index (χ0) is 15.5. The van der Waals surface area contributed by atoms with E-state index in [4.69, 9.17) is 4.74 Å². The number of carbonyl (C=O) groups excluding carboxylic acids is 1. The summed E-state index contributed by atoms with van der Waals surface area (Å²) in [6, 6.07) is 5.66. The van der Waals surface area contributed by atoms with Gasteiger partial charge in [0.05, 0.1) is 18.9 Å². The maximum atomic E-state index is 11.9. The van der Waals surface area contributed by atoms with E-state index in [0.29, 0.717) is 19.8 Å². The number of carbonyl (C=O) groups is 1. The second kappa shape index (κ2) is 6.19. The van der Waals surface area contributed by atoms with Crippen LogP contribution >= 0.6 is 0 Å². The molecule has 0 spiro atoms. The van der Waals surface area contributed by atoms with Gasteiger partial charge in [-0.25, -0.2) is 4.79 Å². The first-order valence-electron chi connectivity index (χ1n) is 7.38. The van der Waals surface area contributed by atoms with E-state index in [1.807, 2.05) is 32.0 Å². The van der Waals surface area contributed by atoms with Gasteiger partial charge in [0, 0.05) is 17.9 Å². The number of fused-ring (bicyclic) bond motifs is 1. The first-order valence-corrected chi connectivity index (χ1v) is 7.38. The fraction of sp³-hybridized carbons (Fsp3) is 0.375. The zero-order valence-corrected chi connectivity index (χ0v) is 12.8. The van der Waals surface area contributed by atoms with Gasteiger partial charge in [-0.05, 0) is 49.1 Å². The topological polar surface area (TPSA) is 79.0 Å². The highest BCUT2D eigenvalue weighted by atomic mass is 16.5. The molecule has 3 N–H and O–H groups in total. The Kier molecular flexibility index (Phi) is 4.11. The normalized spacial score (nSPS) is 13.0. The molecule has 6 nitrogen and oxygen atoms in total. The lowest BCUT2D eigenvalue weighted by Crippen LogP contribution is -2.30. The Labute approximate surface area is 129 Å². The van der Waals surface area contributed by atoms with Gasteiger partial charge in [0.15, 0.2) is 0 Å². The van der Waals surface area contributed by atoms with Crippen LogP contribution in [-0.4, -0.2) is 22.8 Å². The molecule has 116 valence electrons. The number of anilines is 1. The summed E-state index contributed by atoms with van der Waals surface area (Å²) in [6.07, 6.45) is 0.764. The Balaban J connectivity index is 1.50. The van der Waals surface area contributed by atoms with Gasteiger partial charge in [-0.3, -0.25) is 5.10 Å². The summed E-state index contributed by atoms with van der Waals surface area (Å²) in [5.41, 5.74) is 6.32. The van der Waals surface area contributed by atoms with E-state index in [1.165, 1.54) is 5.56 Å². The summed E-state index contributed by atoms with van der Waals surface area (Å²) < 4.78 is 5.37. The molecule has 0 radical (unpaired) electrons. The first-order chi connectivity index (χ1) is 10.6. The molecular formula is C16H20N4O2. The van der Waals surface area contributed by atoms with Crippen LogP contribution < -0.4 is 10.6 Å². The lowest BCUT2D eigenvalue weighted by Gasteiger charge is -2.09. The van der Waals surface area contributed by atoms with Gasteiger partial charge in [-0.2, -0.15) is 5.10 Å². The van der Waals surface area contributed by atoms with Crippen molar-refractivity contribution in [2.75, 3.05) is 11.9 Å². The van der Waals surface area contributed by atoms with Crippen molar-refractivity contribution in [3.8, 4) is 0 Å². The molecule has 0 aliphatic carbocycles. The molecule has 22 heavy (non-hydrogen) atoms. The highest BCUT2D eigenvalue weighted by Gasteiger charge is 2.12.